The van der Waals surface area contributed by atoms with Gasteiger partial charge in [0, 0.05) is 6.54 Å². The van der Waals surface area contributed by atoms with Crippen LogP contribution in [0.5, 0.6) is 0 Å². The summed E-state index contributed by atoms with van der Waals surface area (Å²) in [4.78, 5) is 2.20. The Morgan fingerprint density at radius 3 is 2.59 bits per heavy atom. The van der Waals surface area contributed by atoms with E-state index < -0.39 is 0 Å². The van der Waals surface area contributed by atoms with Gasteiger partial charge in [-0.1, -0.05) is 50.5 Å². The van der Waals surface area contributed by atoms with Crippen molar-refractivity contribution < 1.29 is 4.74 Å². The smallest absolute Gasteiger partial charge is 0.0962 e. The lowest BCUT2D eigenvalue weighted by atomic mass is 9.69. The molecule has 2 rings (SSSR count). The van der Waals surface area contributed by atoms with Crippen LogP contribution in [0.1, 0.15) is 50.2 Å². The normalized spacial score (nSPS) is 25.0. The summed E-state index contributed by atoms with van der Waals surface area (Å²) in [5.41, 5.74) is 2.74. The first-order valence-electron chi connectivity index (χ1n) is 8.45. The molecule has 1 aliphatic carbocycles. The number of nitrogens with zero attached hydrogens (tertiary/aromatic N) is 1. The van der Waals surface area contributed by atoms with Gasteiger partial charge in [0.1, 0.15) is 0 Å². The highest BCUT2D eigenvalue weighted by molar-refractivity contribution is 5.85. The van der Waals surface area contributed by atoms with Crippen molar-refractivity contribution in [2.75, 3.05) is 27.2 Å². The van der Waals surface area contributed by atoms with Crippen molar-refractivity contribution in [2.24, 2.45) is 5.92 Å². The Morgan fingerprint density at radius 2 is 1.95 bits per heavy atom. The summed E-state index contributed by atoms with van der Waals surface area (Å²) in [6.07, 6.45) is 6.31. The lowest BCUT2D eigenvalue weighted by Gasteiger charge is -2.45. The summed E-state index contributed by atoms with van der Waals surface area (Å²) in [6, 6.07) is 8.82. The third-order valence-corrected chi connectivity index (χ3v) is 5.00. The zero-order valence-electron chi connectivity index (χ0n) is 14.6. The molecule has 1 saturated carbocycles. The van der Waals surface area contributed by atoms with Gasteiger partial charge >= 0.3 is 0 Å². The molecule has 1 aromatic carbocycles. The molecule has 2 atom stereocenters. The summed E-state index contributed by atoms with van der Waals surface area (Å²) in [6.45, 7) is 6.36. The quantitative estimate of drug-likeness (QED) is 0.745. The maximum Gasteiger partial charge on any atom is 0.0962 e. The lowest BCUT2D eigenvalue weighted by Crippen LogP contribution is -2.42. The summed E-state index contributed by atoms with van der Waals surface area (Å²) < 4.78 is 6.61. The molecule has 1 aliphatic rings. The molecular weight excluding hydrogens is 294 g/mol. The highest BCUT2D eigenvalue weighted by Gasteiger charge is 2.42. The van der Waals surface area contributed by atoms with Crippen LogP contribution in [0, 0.1) is 12.8 Å². The summed E-state index contributed by atoms with van der Waals surface area (Å²) in [5.74, 6) is 0.648. The van der Waals surface area contributed by atoms with Crippen molar-refractivity contribution in [1.82, 2.24) is 4.90 Å². The lowest BCUT2D eigenvalue weighted by molar-refractivity contribution is -0.119. The first-order chi connectivity index (χ1) is 10.1. The standard InChI is InChI=1S/C19H31NO.ClH/c1-5-17-11-8-9-13-19(17,21-15-14-20(3)4)18-12-7-6-10-16(18)2;/h6-7,10,12,17H,5,8-9,11,13-15H2,1-4H3;1H. The van der Waals surface area contributed by atoms with Crippen LogP contribution in [0.4, 0.5) is 0 Å². The molecule has 22 heavy (non-hydrogen) atoms. The van der Waals surface area contributed by atoms with Crippen molar-refractivity contribution in [1.29, 1.82) is 0 Å². The van der Waals surface area contributed by atoms with Crippen LogP contribution in [0.25, 0.3) is 0 Å². The van der Waals surface area contributed by atoms with E-state index in [4.69, 9.17) is 4.74 Å². The zero-order valence-corrected chi connectivity index (χ0v) is 15.4. The van der Waals surface area contributed by atoms with Gasteiger partial charge in [-0.15, -0.1) is 12.4 Å². The molecule has 0 aromatic heterocycles. The summed E-state index contributed by atoms with van der Waals surface area (Å²) >= 11 is 0. The summed E-state index contributed by atoms with van der Waals surface area (Å²) in [5, 5.41) is 0. The van der Waals surface area contributed by atoms with E-state index in [0.717, 1.165) is 13.2 Å². The molecule has 2 unspecified atom stereocenters. The minimum atomic E-state index is -0.0612. The Bertz CT molecular complexity index is 449. The maximum absolute atomic E-state index is 6.61. The molecule has 1 aromatic rings. The second kappa shape index (κ2) is 8.90. The monoisotopic (exact) mass is 325 g/mol. The van der Waals surface area contributed by atoms with Crippen LogP contribution in [0.2, 0.25) is 0 Å². The van der Waals surface area contributed by atoms with Crippen LogP contribution in [0.15, 0.2) is 24.3 Å². The molecule has 0 aliphatic heterocycles. The number of rotatable bonds is 6. The Kier molecular flexibility index (Phi) is 7.88. The Balaban J connectivity index is 0.00000242. The van der Waals surface area contributed by atoms with Crippen molar-refractivity contribution in [3.05, 3.63) is 35.4 Å². The molecular formula is C19H32ClNO. The van der Waals surface area contributed by atoms with Crippen molar-refractivity contribution in [3.8, 4) is 0 Å². The van der Waals surface area contributed by atoms with Gasteiger partial charge in [0.15, 0.2) is 0 Å². The molecule has 1 fully saturated rings. The Morgan fingerprint density at radius 1 is 1.23 bits per heavy atom. The SMILES string of the molecule is CCC1CCCCC1(OCCN(C)C)c1ccccc1C.Cl. The van der Waals surface area contributed by atoms with E-state index in [1.54, 1.807) is 0 Å². The third kappa shape index (κ3) is 4.24. The second-order valence-electron chi connectivity index (χ2n) is 6.71. The highest BCUT2D eigenvalue weighted by atomic mass is 35.5. The number of halogens is 1. The average Bonchev–Trinajstić information content (AvgIpc) is 2.47. The van der Waals surface area contributed by atoms with Gasteiger partial charge in [0.2, 0.25) is 0 Å². The molecule has 126 valence electrons. The van der Waals surface area contributed by atoms with E-state index in [-0.39, 0.29) is 18.0 Å². The zero-order chi connectivity index (χ0) is 15.3. The minimum Gasteiger partial charge on any atom is -0.369 e. The molecule has 0 radical (unpaired) electrons. The van der Waals surface area contributed by atoms with Gasteiger partial charge in [-0.3, -0.25) is 0 Å². The maximum atomic E-state index is 6.61. The Labute approximate surface area is 142 Å². The van der Waals surface area contributed by atoms with Gasteiger partial charge in [-0.05, 0) is 50.9 Å². The fraction of sp³-hybridized carbons (Fsp3) is 0.684. The van der Waals surface area contributed by atoms with E-state index >= 15 is 0 Å². The second-order valence-corrected chi connectivity index (χ2v) is 6.71. The fourth-order valence-corrected chi connectivity index (χ4v) is 3.83. The van der Waals surface area contributed by atoms with Crippen LogP contribution in [0.3, 0.4) is 0 Å². The van der Waals surface area contributed by atoms with E-state index in [1.807, 2.05) is 0 Å². The fourth-order valence-electron chi connectivity index (χ4n) is 3.83. The third-order valence-electron chi connectivity index (χ3n) is 5.00. The van der Waals surface area contributed by atoms with Crippen LogP contribution in [-0.2, 0) is 10.3 Å². The minimum absolute atomic E-state index is 0. The molecule has 3 heteroatoms. The van der Waals surface area contributed by atoms with Gasteiger partial charge in [0.05, 0.1) is 12.2 Å². The molecule has 0 saturated heterocycles. The largest absolute Gasteiger partial charge is 0.369 e. The molecule has 0 N–H and O–H groups in total. The molecule has 0 spiro atoms. The predicted molar refractivity (Wildman–Crippen MR) is 96.9 cm³/mol. The van der Waals surface area contributed by atoms with Crippen molar-refractivity contribution in [3.63, 3.8) is 0 Å². The molecule has 2 nitrogen and oxygen atoms in total. The van der Waals surface area contributed by atoms with Crippen molar-refractivity contribution in [2.45, 2.75) is 51.6 Å². The number of aryl methyl sites for hydroxylation is 1. The van der Waals surface area contributed by atoms with Crippen LogP contribution in [-0.4, -0.2) is 32.1 Å². The van der Waals surface area contributed by atoms with E-state index in [2.05, 4.69) is 57.1 Å². The molecule has 0 amide bonds. The van der Waals surface area contributed by atoms with Gasteiger partial charge in [-0.25, -0.2) is 0 Å². The van der Waals surface area contributed by atoms with Crippen LogP contribution < -0.4 is 0 Å². The number of likely N-dealkylation sites (N-methyl/N-ethyl adjacent to an activating group) is 1. The number of benzene rings is 1. The van der Waals surface area contributed by atoms with Crippen LogP contribution >= 0.6 is 12.4 Å². The predicted octanol–water partition coefficient (Wildman–Crippen LogP) is 4.79. The number of hydrogen-bond donors (Lipinski definition) is 0. The van der Waals surface area contributed by atoms with Gasteiger partial charge in [-0.2, -0.15) is 0 Å². The number of ether oxygens (including phenoxy) is 1. The van der Waals surface area contributed by atoms with E-state index in [0.29, 0.717) is 5.92 Å². The highest BCUT2D eigenvalue weighted by Crippen LogP contribution is 2.47. The Hall–Kier alpha value is -0.570. The van der Waals surface area contributed by atoms with Crippen molar-refractivity contribution >= 4 is 12.4 Å². The molecule has 0 bridgehead atoms. The summed E-state index contributed by atoms with van der Waals surface area (Å²) in [7, 11) is 4.23. The van der Waals surface area contributed by atoms with E-state index in [1.165, 1.54) is 43.2 Å². The molecule has 0 heterocycles. The topological polar surface area (TPSA) is 12.5 Å². The average molecular weight is 326 g/mol. The first-order valence-corrected chi connectivity index (χ1v) is 8.45. The van der Waals surface area contributed by atoms with Gasteiger partial charge < -0.3 is 9.64 Å². The number of hydrogen-bond acceptors (Lipinski definition) is 2. The first kappa shape index (κ1) is 19.5. The van der Waals surface area contributed by atoms with Gasteiger partial charge in [0.25, 0.3) is 0 Å². The van der Waals surface area contributed by atoms with E-state index in [9.17, 15) is 0 Å².